The van der Waals surface area contributed by atoms with E-state index in [9.17, 15) is 13.6 Å². The SMILES string of the molecule is C=C(C)C(=O)OC1(C(C)C)CCCc2c(F)ccc(F)c21. The molecular formula is C17H20F2O2. The summed E-state index contributed by atoms with van der Waals surface area (Å²) in [5.41, 5.74) is -0.364. The van der Waals surface area contributed by atoms with Crippen molar-refractivity contribution >= 4 is 5.97 Å². The Kier molecular flexibility index (Phi) is 4.17. The highest BCUT2D eigenvalue weighted by atomic mass is 19.1. The first-order valence-electron chi connectivity index (χ1n) is 7.16. The van der Waals surface area contributed by atoms with Crippen LogP contribution in [0.2, 0.25) is 0 Å². The number of ether oxygens (including phenoxy) is 1. The summed E-state index contributed by atoms with van der Waals surface area (Å²) in [5, 5.41) is 0. The molecule has 0 heterocycles. The van der Waals surface area contributed by atoms with E-state index in [0.717, 1.165) is 12.1 Å². The van der Waals surface area contributed by atoms with Crippen LogP contribution in [0.3, 0.4) is 0 Å². The molecule has 0 bridgehead atoms. The Bertz CT molecular complexity index is 593. The molecule has 0 aliphatic heterocycles. The summed E-state index contributed by atoms with van der Waals surface area (Å²) in [6.07, 6.45) is 1.59. The third kappa shape index (κ3) is 2.59. The molecule has 0 amide bonds. The van der Waals surface area contributed by atoms with Crippen molar-refractivity contribution < 1.29 is 18.3 Å². The molecule has 1 unspecified atom stereocenters. The molecule has 0 N–H and O–H groups in total. The van der Waals surface area contributed by atoms with Crippen LogP contribution in [0.4, 0.5) is 8.78 Å². The highest BCUT2D eigenvalue weighted by molar-refractivity contribution is 5.87. The minimum Gasteiger partial charge on any atom is -0.450 e. The number of hydrogen-bond donors (Lipinski definition) is 0. The first-order chi connectivity index (χ1) is 9.79. The Labute approximate surface area is 123 Å². The van der Waals surface area contributed by atoms with Crippen molar-refractivity contribution in [2.45, 2.75) is 45.6 Å². The van der Waals surface area contributed by atoms with E-state index in [-0.39, 0.29) is 17.1 Å². The Morgan fingerprint density at radius 1 is 1.33 bits per heavy atom. The third-order valence-electron chi connectivity index (χ3n) is 4.16. The first kappa shape index (κ1) is 15.7. The van der Waals surface area contributed by atoms with Gasteiger partial charge in [0.05, 0.1) is 0 Å². The maximum absolute atomic E-state index is 14.4. The Morgan fingerprint density at radius 2 is 1.95 bits per heavy atom. The molecule has 0 saturated heterocycles. The van der Waals surface area contributed by atoms with Gasteiger partial charge >= 0.3 is 5.97 Å². The molecule has 4 heteroatoms. The average molecular weight is 294 g/mol. The summed E-state index contributed by atoms with van der Waals surface area (Å²) in [6.45, 7) is 8.81. The minimum atomic E-state index is -1.13. The largest absolute Gasteiger partial charge is 0.450 e. The van der Waals surface area contributed by atoms with E-state index < -0.39 is 23.2 Å². The number of carbonyl (C=O) groups is 1. The van der Waals surface area contributed by atoms with Crippen molar-refractivity contribution in [3.63, 3.8) is 0 Å². The van der Waals surface area contributed by atoms with Gasteiger partial charge in [-0.3, -0.25) is 0 Å². The van der Waals surface area contributed by atoms with E-state index in [1.165, 1.54) is 0 Å². The molecule has 1 aromatic rings. The van der Waals surface area contributed by atoms with Crippen LogP contribution in [0.5, 0.6) is 0 Å². The molecule has 1 aliphatic carbocycles. The summed E-state index contributed by atoms with van der Waals surface area (Å²) in [4.78, 5) is 12.0. The van der Waals surface area contributed by atoms with Gasteiger partial charge in [0.25, 0.3) is 0 Å². The van der Waals surface area contributed by atoms with E-state index in [2.05, 4.69) is 6.58 Å². The van der Waals surface area contributed by atoms with Crippen LogP contribution in [0.25, 0.3) is 0 Å². The van der Waals surface area contributed by atoms with Gasteiger partial charge in [-0.15, -0.1) is 0 Å². The number of esters is 1. The molecule has 21 heavy (non-hydrogen) atoms. The molecule has 1 atom stereocenters. The Balaban J connectivity index is 2.62. The fourth-order valence-electron chi connectivity index (χ4n) is 3.00. The average Bonchev–Trinajstić information content (AvgIpc) is 2.42. The monoisotopic (exact) mass is 294 g/mol. The van der Waals surface area contributed by atoms with E-state index in [1.807, 2.05) is 13.8 Å². The highest BCUT2D eigenvalue weighted by Gasteiger charge is 2.46. The number of benzene rings is 1. The second-order valence-electron chi connectivity index (χ2n) is 5.95. The van der Waals surface area contributed by atoms with Gasteiger partial charge in [-0.1, -0.05) is 20.4 Å². The highest BCUT2D eigenvalue weighted by Crippen LogP contribution is 2.46. The predicted molar refractivity (Wildman–Crippen MR) is 76.7 cm³/mol. The van der Waals surface area contributed by atoms with Crippen molar-refractivity contribution in [1.82, 2.24) is 0 Å². The number of halogens is 2. The number of carbonyl (C=O) groups excluding carboxylic acids is 1. The molecule has 0 radical (unpaired) electrons. The maximum atomic E-state index is 14.4. The molecule has 2 nitrogen and oxygen atoms in total. The second-order valence-corrected chi connectivity index (χ2v) is 5.95. The standard InChI is InChI=1S/C17H20F2O2/c1-10(2)16(20)21-17(11(3)4)9-5-6-12-13(18)7-8-14(19)15(12)17/h7-8,11H,1,5-6,9H2,2-4H3. The van der Waals surface area contributed by atoms with Crippen LogP contribution in [0.1, 0.15) is 44.7 Å². The molecule has 114 valence electrons. The van der Waals surface area contributed by atoms with Crippen LogP contribution in [0.15, 0.2) is 24.3 Å². The normalized spacial score (nSPS) is 21.0. The van der Waals surface area contributed by atoms with Crippen molar-refractivity contribution in [1.29, 1.82) is 0 Å². The minimum absolute atomic E-state index is 0.170. The molecule has 1 aliphatic rings. The second kappa shape index (κ2) is 5.58. The van der Waals surface area contributed by atoms with Gasteiger partial charge in [0, 0.05) is 11.1 Å². The summed E-state index contributed by atoms with van der Waals surface area (Å²) >= 11 is 0. The molecule has 0 spiro atoms. The van der Waals surface area contributed by atoms with Gasteiger partial charge in [-0.2, -0.15) is 0 Å². The van der Waals surface area contributed by atoms with Gasteiger partial charge in [-0.25, -0.2) is 13.6 Å². The molecular weight excluding hydrogens is 274 g/mol. The van der Waals surface area contributed by atoms with Crippen LogP contribution < -0.4 is 0 Å². The van der Waals surface area contributed by atoms with Crippen LogP contribution in [0, 0.1) is 17.6 Å². The summed E-state index contributed by atoms with van der Waals surface area (Å²) in [5.74, 6) is -1.70. The smallest absolute Gasteiger partial charge is 0.334 e. The molecule has 1 aromatic carbocycles. The van der Waals surface area contributed by atoms with Crippen molar-refractivity contribution in [3.8, 4) is 0 Å². The number of rotatable bonds is 3. The fraction of sp³-hybridized carbons (Fsp3) is 0.471. The van der Waals surface area contributed by atoms with Gasteiger partial charge in [-0.05, 0) is 49.8 Å². The molecule has 2 rings (SSSR count). The molecule has 0 aromatic heterocycles. The maximum Gasteiger partial charge on any atom is 0.334 e. The molecule has 0 fully saturated rings. The quantitative estimate of drug-likeness (QED) is 0.614. The van der Waals surface area contributed by atoms with E-state index >= 15 is 0 Å². The number of hydrogen-bond acceptors (Lipinski definition) is 2. The summed E-state index contributed by atoms with van der Waals surface area (Å²) in [7, 11) is 0. The topological polar surface area (TPSA) is 26.3 Å². The number of fused-ring (bicyclic) bond motifs is 1. The Morgan fingerprint density at radius 3 is 2.52 bits per heavy atom. The predicted octanol–water partition coefficient (Wildman–Crippen LogP) is 4.27. The first-order valence-corrected chi connectivity index (χ1v) is 7.16. The van der Waals surface area contributed by atoms with Crippen molar-refractivity contribution in [2.75, 3.05) is 0 Å². The van der Waals surface area contributed by atoms with E-state index in [1.54, 1.807) is 6.92 Å². The summed E-state index contributed by atoms with van der Waals surface area (Å²) < 4.78 is 34.0. The van der Waals surface area contributed by atoms with Crippen molar-refractivity contribution in [3.05, 3.63) is 47.0 Å². The Hall–Kier alpha value is -1.71. The zero-order valence-electron chi connectivity index (χ0n) is 12.6. The molecule has 0 saturated carbocycles. The summed E-state index contributed by atoms with van der Waals surface area (Å²) in [6, 6.07) is 2.23. The van der Waals surface area contributed by atoms with Crippen LogP contribution >= 0.6 is 0 Å². The lowest BCUT2D eigenvalue weighted by atomic mass is 9.72. The van der Waals surface area contributed by atoms with Crippen LogP contribution in [-0.2, 0) is 21.6 Å². The van der Waals surface area contributed by atoms with Gasteiger partial charge < -0.3 is 4.74 Å². The zero-order valence-corrected chi connectivity index (χ0v) is 12.6. The van der Waals surface area contributed by atoms with Crippen molar-refractivity contribution in [2.24, 2.45) is 5.92 Å². The fourth-order valence-corrected chi connectivity index (χ4v) is 3.00. The lowest BCUT2D eigenvalue weighted by Gasteiger charge is -2.42. The van der Waals surface area contributed by atoms with Gasteiger partial charge in [0.1, 0.15) is 17.2 Å². The zero-order chi connectivity index (χ0) is 15.8. The van der Waals surface area contributed by atoms with Crippen LogP contribution in [-0.4, -0.2) is 5.97 Å². The lowest BCUT2D eigenvalue weighted by molar-refractivity contribution is -0.164. The van der Waals surface area contributed by atoms with E-state index in [0.29, 0.717) is 24.8 Å². The third-order valence-corrected chi connectivity index (χ3v) is 4.16. The lowest BCUT2D eigenvalue weighted by Crippen LogP contribution is -2.42. The van der Waals surface area contributed by atoms with E-state index in [4.69, 9.17) is 4.74 Å². The van der Waals surface area contributed by atoms with Gasteiger partial charge in [0.15, 0.2) is 0 Å². The van der Waals surface area contributed by atoms with Gasteiger partial charge in [0.2, 0.25) is 0 Å².